The van der Waals surface area contributed by atoms with E-state index in [0.29, 0.717) is 11.8 Å². The third-order valence-corrected chi connectivity index (χ3v) is 8.96. The smallest absolute Gasteiger partial charge is 0.149 e. The molecule has 0 amide bonds. The topological polar surface area (TPSA) is 31.0 Å². The van der Waals surface area contributed by atoms with Crippen LogP contribution in [-0.4, -0.2) is 9.55 Å². The summed E-state index contributed by atoms with van der Waals surface area (Å²) in [5.41, 5.74) is 11.7. The van der Waals surface area contributed by atoms with Crippen molar-refractivity contribution in [2.24, 2.45) is 5.41 Å². The molecule has 0 radical (unpaired) electrons. The average Bonchev–Trinajstić information content (AvgIpc) is 3.54. The van der Waals surface area contributed by atoms with Crippen LogP contribution in [0.5, 0.6) is 0 Å². The van der Waals surface area contributed by atoms with Crippen LogP contribution in [0.4, 0.5) is 0 Å². The van der Waals surface area contributed by atoms with Gasteiger partial charge in [-0.05, 0) is 76.4 Å². The molecule has 0 bridgehead atoms. The number of aryl methyl sites for hydroxylation is 1. The first-order valence-electron chi connectivity index (χ1n) is 16.0. The van der Waals surface area contributed by atoms with Crippen LogP contribution in [-0.2, 0) is 6.42 Å². The molecule has 0 unspecified atom stereocenters. The van der Waals surface area contributed by atoms with Crippen molar-refractivity contribution in [2.75, 3.05) is 0 Å². The molecular weight excluding hydrogens is 536 g/mol. The van der Waals surface area contributed by atoms with Crippen molar-refractivity contribution in [2.45, 2.75) is 73.6 Å². The molecule has 0 aliphatic heterocycles. The lowest BCUT2D eigenvalue weighted by atomic mass is 9.83. The van der Waals surface area contributed by atoms with Gasteiger partial charge in [-0.1, -0.05) is 115 Å². The van der Waals surface area contributed by atoms with Crippen molar-refractivity contribution in [3.05, 3.63) is 107 Å². The fourth-order valence-corrected chi connectivity index (χ4v) is 6.96. The Hall–Kier alpha value is -4.37. The summed E-state index contributed by atoms with van der Waals surface area (Å²) in [4.78, 5) is 5.39. The number of aromatic nitrogens is 2. The monoisotopic (exact) mass is 578 g/mol. The van der Waals surface area contributed by atoms with Crippen LogP contribution in [0.2, 0.25) is 0 Å². The molecule has 2 heterocycles. The summed E-state index contributed by atoms with van der Waals surface area (Å²) in [6.07, 6.45) is 1.04. The van der Waals surface area contributed by atoms with Crippen LogP contribution >= 0.6 is 0 Å². The molecule has 0 N–H and O–H groups in total. The summed E-state index contributed by atoms with van der Waals surface area (Å²) in [6.45, 7) is 18.4. The highest BCUT2D eigenvalue weighted by atomic mass is 16.3. The van der Waals surface area contributed by atoms with Gasteiger partial charge in [0.15, 0.2) is 0 Å². The first-order chi connectivity index (χ1) is 21.0. The normalized spacial score (nSPS) is 12.6. The second kappa shape index (κ2) is 10.4. The zero-order valence-corrected chi connectivity index (χ0v) is 27.2. The van der Waals surface area contributed by atoms with Gasteiger partial charge in [0.1, 0.15) is 17.0 Å². The average molecular weight is 579 g/mol. The van der Waals surface area contributed by atoms with E-state index in [0.717, 1.165) is 61.7 Å². The van der Waals surface area contributed by atoms with Gasteiger partial charge in [0.2, 0.25) is 0 Å². The molecule has 0 fully saturated rings. The van der Waals surface area contributed by atoms with Crippen molar-refractivity contribution in [1.29, 1.82) is 0 Å². The fourth-order valence-electron chi connectivity index (χ4n) is 6.96. The van der Waals surface area contributed by atoms with Gasteiger partial charge >= 0.3 is 0 Å². The fraction of sp³-hybridized carbons (Fsp3) is 0.293. The summed E-state index contributed by atoms with van der Waals surface area (Å²) in [7, 11) is 0. The molecule has 0 atom stereocenters. The zero-order chi connectivity index (χ0) is 30.9. The molecule has 0 aliphatic carbocycles. The summed E-state index contributed by atoms with van der Waals surface area (Å²) in [5, 5.41) is 4.58. The highest BCUT2D eigenvalue weighted by molar-refractivity contribution is 6.17. The quantitative estimate of drug-likeness (QED) is 0.203. The third-order valence-electron chi connectivity index (χ3n) is 8.96. The van der Waals surface area contributed by atoms with E-state index in [9.17, 15) is 0 Å². The van der Waals surface area contributed by atoms with Gasteiger partial charge in [-0.15, -0.1) is 0 Å². The SMILES string of the molecule is Cc1ccc2c(oc3c4ccccc4ccc23)c1-c1nc2ccccc2n1-c1c(C(C)C)cc(CC(C)(C)C)cc1C(C)C. The molecule has 222 valence electrons. The van der Waals surface area contributed by atoms with E-state index in [2.05, 4.69) is 145 Å². The van der Waals surface area contributed by atoms with E-state index >= 15 is 0 Å². The molecule has 3 nitrogen and oxygen atoms in total. The number of imidazole rings is 1. The number of rotatable bonds is 5. The summed E-state index contributed by atoms with van der Waals surface area (Å²) < 4.78 is 9.33. The van der Waals surface area contributed by atoms with Crippen molar-refractivity contribution in [3.8, 4) is 17.1 Å². The molecule has 2 aromatic heterocycles. The van der Waals surface area contributed by atoms with Crippen LogP contribution in [0, 0.1) is 12.3 Å². The van der Waals surface area contributed by atoms with E-state index in [1.807, 2.05) is 0 Å². The van der Waals surface area contributed by atoms with Crippen molar-refractivity contribution in [1.82, 2.24) is 9.55 Å². The molecule has 0 spiro atoms. The minimum Gasteiger partial charge on any atom is -0.455 e. The van der Waals surface area contributed by atoms with Crippen LogP contribution in [0.15, 0.2) is 89.3 Å². The Kier molecular flexibility index (Phi) is 6.69. The maximum Gasteiger partial charge on any atom is 0.149 e. The van der Waals surface area contributed by atoms with Crippen molar-refractivity contribution < 1.29 is 4.42 Å². The highest BCUT2D eigenvalue weighted by Gasteiger charge is 2.27. The Balaban J connectivity index is 1.61. The molecule has 3 heteroatoms. The molecular formula is C41H42N2O. The lowest BCUT2D eigenvalue weighted by Gasteiger charge is -2.26. The second-order valence-electron chi connectivity index (χ2n) is 14.3. The number of nitrogens with zero attached hydrogens (tertiary/aromatic N) is 2. The number of hydrogen-bond acceptors (Lipinski definition) is 2. The number of furan rings is 1. The van der Waals surface area contributed by atoms with E-state index in [1.54, 1.807) is 0 Å². The summed E-state index contributed by atoms with van der Waals surface area (Å²) in [6, 6.07) is 30.8. The number of fused-ring (bicyclic) bond motifs is 6. The number of hydrogen-bond donors (Lipinski definition) is 0. The van der Waals surface area contributed by atoms with Gasteiger partial charge < -0.3 is 4.42 Å². The van der Waals surface area contributed by atoms with Crippen molar-refractivity contribution >= 4 is 43.7 Å². The maximum atomic E-state index is 6.89. The van der Waals surface area contributed by atoms with Gasteiger partial charge in [0.25, 0.3) is 0 Å². The minimum absolute atomic E-state index is 0.203. The molecule has 7 aromatic rings. The predicted octanol–water partition coefficient (Wildman–Crippen LogP) is 11.9. The van der Waals surface area contributed by atoms with Gasteiger partial charge in [-0.3, -0.25) is 4.57 Å². The zero-order valence-electron chi connectivity index (χ0n) is 27.2. The molecule has 5 aromatic carbocycles. The van der Waals surface area contributed by atoms with E-state index in [1.165, 1.54) is 27.8 Å². The summed E-state index contributed by atoms with van der Waals surface area (Å²) in [5.74, 6) is 1.61. The van der Waals surface area contributed by atoms with E-state index < -0.39 is 0 Å². The van der Waals surface area contributed by atoms with Crippen LogP contribution in [0.3, 0.4) is 0 Å². The van der Waals surface area contributed by atoms with Crippen LogP contribution in [0.25, 0.3) is 60.8 Å². The molecule has 0 saturated heterocycles. The molecule has 0 saturated carbocycles. The lowest BCUT2D eigenvalue weighted by molar-refractivity contribution is 0.411. The Bertz CT molecular complexity index is 2170. The Morgan fingerprint density at radius 2 is 1.36 bits per heavy atom. The van der Waals surface area contributed by atoms with Gasteiger partial charge in [0, 0.05) is 16.2 Å². The van der Waals surface area contributed by atoms with Gasteiger partial charge in [0.05, 0.1) is 22.3 Å². The molecule has 7 rings (SSSR count). The number of benzene rings is 5. The first-order valence-corrected chi connectivity index (χ1v) is 16.0. The minimum atomic E-state index is 0.203. The van der Waals surface area contributed by atoms with Crippen LogP contribution < -0.4 is 0 Å². The third kappa shape index (κ3) is 4.61. The summed E-state index contributed by atoms with van der Waals surface area (Å²) >= 11 is 0. The Labute approximate surface area is 260 Å². The van der Waals surface area contributed by atoms with Crippen LogP contribution in [0.1, 0.15) is 82.6 Å². The molecule has 0 aliphatic rings. The predicted molar refractivity (Wildman–Crippen MR) is 187 cm³/mol. The molecule has 44 heavy (non-hydrogen) atoms. The van der Waals surface area contributed by atoms with Gasteiger partial charge in [-0.25, -0.2) is 4.98 Å². The lowest BCUT2D eigenvalue weighted by Crippen LogP contribution is -2.14. The highest BCUT2D eigenvalue weighted by Crippen LogP contribution is 2.44. The Morgan fingerprint density at radius 3 is 2.07 bits per heavy atom. The Morgan fingerprint density at radius 1 is 0.727 bits per heavy atom. The van der Waals surface area contributed by atoms with E-state index in [-0.39, 0.29) is 5.41 Å². The van der Waals surface area contributed by atoms with Gasteiger partial charge in [-0.2, -0.15) is 0 Å². The van der Waals surface area contributed by atoms with E-state index in [4.69, 9.17) is 9.40 Å². The second-order valence-corrected chi connectivity index (χ2v) is 14.3. The standard InChI is InChI=1S/C41H42N2O/c1-24(2)32-21-27(23-41(6,7)8)22-33(25(3)4)37(32)43-35-16-12-11-15-34(35)42-40(43)36-26(5)17-19-31-30-20-18-28-13-9-10-14-29(28)38(30)44-39(31)36/h9-22,24-25H,23H2,1-8H3. The number of para-hydroxylation sites is 2. The maximum absolute atomic E-state index is 6.89. The largest absolute Gasteiger partial charge is 0.455 e. The first kappa shape index (κ1) is 28.4. The van der Waals surface area contributed by atoms with Crippen molar-refractivity contribution in [3.63, 3.8) is 0 Å².